The minimum Gasteiger partial charge on any atom is -0.341 e. The molecule has 0 saturated carbocycles. The largest absolute Gasteiger partial charge is 0.341 e. The predicted molar refractivity (Wildman–Crippen MR) is 78.3 cm³/mol. The second-order valence-electron chi connectivity index (χ2n) is 4.10. The summed E-state index contributed by atoms with van der Waals surface area (Å²) in [5.41, 5.74) is 0. The van der Waals surface area contributed by atoms with Gasteiger partial charge in [-0.15, -0.1) is 11.3 Å². The Bertz CT molecular complexity index is 351. The zero-order valence-corrected chi connectivity index (χ0v) is 12.9. The van der Waals surface area contributed by atoms with Crippen LogP contribution in [0, 0.1) is 0 Å². The van der Waals surface area contributed by atoms with Gasteiger partial charge in [-0.25, -0.2) is 0 Å². The molecule has 1 rings (SSSR count). The van der Waals surface area contributed by atoms with E-state index in [1.807, 2.05) is 18.0 Å². The fourth-order valence-corrected chi connectivity index (χ4v) is 2.93. The summed E-state index contributed by atoms with van der Waals surface area (Å²) in [7, 11) is 1.89. The van der Waals surface area contributed by atoms with Crippen LogP contribution >= 0.6 is 27.3 Å². The molecule has 96 valence electrons. The summed E-state index contributed by atoms with van der Waals surface area (Å²) < 4.78 is 0. The normalized spacial score (nSPS) is 10.5. The number of amides is 1. The maximum atomic E-state index is 12.1. The van der Waals surface area contributed by atoms with Gasteiger partial charge in [0.25, 0.3) is 5.91 Å². The summed E-state index contributed by atoms with van der Waals surface area (Å²) in [6.07, 6.45) is 4.45. The third-order valence-electron chi connectivity index (χ3n) is 2.69. The van der Waals surface area contributed by atoms with Crippen molar-refractivity contribution in [3.63, 3.8) is 0 Å². The monoisotopic (exact) mass is 317 g/mol. The van der Waals surface area contributed by atoms with Crippen LogP contribution in [-0.2, 0) is 6.42 Å². The van der Waals surface area contributed by atoms with Crippen LogP contribution in [0.4, 0.5) is 0 Å². The van der Waals surface area contributed by atoms with E-state index in [1.54, 1.807) is 11.3 Å². The highest BCUT2D eigenvalue weighted by Crippen LogP contribution is 2.18. The van der Waals surface area contributed by atoms with E-state index >= 15 is 0 Å². The Morgan fingerprint density at radius 1 is 1.35 bits per heavy atom. The van der Waals surface area contributed by atoms with Gasteiger partial charge in [0.2, 0.25) is 0 Å². The molecule has 0 atom stereocenters. The molecule has 1 heterocycles. The van der Waals surface area contributed by atoms with Crippen LogP contribution in [0.5, 0.6) is 0 Å². The summed E-state index contributed by atoms with van der Waals surface area (Å²) in [6, 6.07) is 4.00. The summed E-state index contributed by atoms with van der Waals surface area (Å²) in [4.78, 5) is 16.0. The first-order valence-corrected chi connectivity index (χ1v) is 8.03. The Morgan fingerprint density at radius 3 is 2.71 bits per heavy atom. The van der Waals surface area contributed by atoms with Gasteiger partial charge in [0, 0.05) is 23.8 Å². The fourth-order valence-electron chi connectivity index (χ4n) is 1.59. The van der Waals surface area contributed by atoms with E-state index < -0.39 is 0 Å². The summed E-state index contributed by atoms with van der Waals surface area (Å²) in [5.74, 6) is 0.161. The lowest BCUT2D eigenvalue weighted by Crippen LogP contribution is -2.26. The number of thiophene rings is 1. The minimum atomic E-state index is 0.161. The molecule has 17 heavy (non-hydrogen) atoms. The van der Waals surface area contributed by atoms with Gasteiger partial charge in [-0.05, 0) is 31.4 Å². The van der Waals surface area contributed by atoms with Crippen molar-refractivity contribution in [2.24, 2.45) is 0 Å². The second-order valence-corrected chi connectivity index (χ2v) is 6.06. The van der Waals surface area contributed by atoms with Crippen LogP contribution in [0.1, 0.15) is 40.7 Å². The molecule has 1 amide bonds. The van der Waals surface area contributed by atoms with Crippen molar-refractivity contribution in [2.75, 3.05) is 18.9 Å². The number of hydrogen-bond acceptors (Lipinski definition) is 2. The Hall–Kier alpha value is -0.350. The molecule has 0 aliphatic rings. The van der Waals surface area contributed by atoms with E-state index in [4.69, 9.17) is 0 Å². The highest BCUT2D eigenvalue weighted by Gasteiger charge is 2.13. The third-order valence-corrected chi connectivity index (χ3v) is 4.47. The Morgan fingerprint density at radius 2 is 2.12 bits per heavy atom. The van der Waals surface area contributed by atoms with Crippen LogP contribution in [0.3, 0.4) is 0 Å². The molecule has 0 aliphatic heterocycles. The van der Waals surface area contributed by atoms with Crippen LogP contribution in [0.2, 0.25) is 0 Å². The van der Waals surface area contributed by atoms with Gasteiger partial charge < -0.3 is 4.90 Å². The van der Waals surface area contributed by atoms with E-state index in [9.17, 15) is 4.79 Å². The Kier molecular flexibility index (Phi) is 6.82. The van der Waals surface area contributed by atoms with Gasteiger partial charge in [0.1, 0.15) is 0 Å². The standard InChI is InChI=1S/C13H20BrNOS/c1-3-11-7-8-12(17-11)13(16)15(2)10-6-4-5-9-14/h7-8H,3-6,9-10H2,1-2H3. The van der Waals surface area contributed by atoms with E-state index in [2.05, 4.69) is 28.9 Å². The number of nitrogens with zero attached hydrogens (tertiary/aromatic N) is 1. The first-order chi connectivity index (χ1) is 8.19. The number of aryl methyl sites for hydroxylation is 1. The first-order valence-electron chi connectivity index (χ1n) is 6.09. The molecule has 1 aromatic rings. The van der Waals surface area contributed by atoms with E-state index in [-0.39, 0.29) is 5.91 Å². The highest BCUT2D eigenvalue weighted by atomic mass is 79.9. The first kappa shape index (κ1) is 14.7. The molecule has 2 nitrogen and oxygen atoms in total. The minimum absolute atomic E-state index is 0.161. The number of alkyl halides is 1. The zero-order chi connectivity index (χ0) is 12.7. The fraction of sp³-hybridized carbons (Fsp3) is 0.615. The average Bonchev–Trinajstić information content (AvgIpc) is 2.82. The molecular formula is C13H20BrNOS. The number of carbonyl (C=O) groups excluding carboxylic acids is 1. The topological polar surface area (TPSA) is 20.3 Å². The number of unbranched alkanes of at least 4 members (excludes halogenated alkanes) is 2. The summed E-state index contributed by atoms with van der Waals surface area (Å²) in [5, 5.41) is 1.05. The SMILES string of the molecule is CCc1ccc(C(=O)N(C)CCCCCBr)s1. The molecule has 0 bridgehead atoms. The highest BCUT2D eigenvalue weighted by molar-refractivity contribution is 9.09. The maximum Gasteiger partial charge on any atom is 0.263 e. The van der Waals surface area contributed by atoms with Gasteiger partial charge in [0.05, 0.1) is 4.88 Å². The molecule has 0 aliphatic carbocycles. The number of carbonyl (C=O) groups is 1. The van der Waals surface area contributed by atoms with Crippen LogP contribution in [0.15, 0.2) is 12.1 Å². The van der Waals surface area contributed by atoms with E-state index in [0.717, 1.165) is 29.6 Å². The lowest BCUT2D eigenvalue weighted by Gasteiger charge is -2.15. The molecule has 1 aromatic heterocycles. The quantitative estimate of drug-likeness (QED) is 0.551. The molecule has 0 aromatic carbocycles. The third kappa shape index (κ3) is 4.80. The van der Waals surface area contributed by atoms with E-state index in [0.29, 0.717) is 0 Å². The lowest BCUT2D eigenvalue weighted by molar-refractivity contribution is 0.0797. The molecule has 0 saturated heterocycles. The van der Waals surface area contributed by atoms with Crippen LogP contribution in [0.25, 0.3) is 0 Å². The smallest absolute Gasteiger partial charge is 0.263 e. The predicted octanol–water partition coefficient (Wildman–Crippen LogP) is 3.95. The van der Waals surface area contributed by atoms with Gasteiger partial charge in [-0.1, -0.05) is 29.3 Å². The van der Waals surface area contributed by atoms with Crippen LogP contribution < -0.4 is 0 Å². The van der Waals surface area contributed by atoms with Crippen LogP contribution in [-0.4, -0.2) is 29.7 Å². The number of halogens is 1. The summed E-state index contributed by atoms with van der Waals surface area (Å²) in [6.45, 7) is 2.97. The van der Waals surface area contributed by atoms with Crippen molar-refractivity contribution < 1.29 is 4.79 Å². The molecule has 0 fully saturated rings. The van der Waals surface area contributed by atoms with E-state index in [1.165, 1.54) is 17.7 Å². The molecule has 0 unspecified atom stereocenters. The Balaban J connectivity index is 2.40. The van der Waals surface area contributed by atoms with Crippen molar-refractivity contribution in [3.8, 4) is 0 Å². The van der Waals surface area contributed by atoms with Gasteiger partial charge in [-0.3, -0.25) is 4.79 Å². The van der Waals surface area contributed by atoms with Crippen molar-refractivity contribution in [1.29, 1.82) is 0 Å². The van der Waals surface area contributed by atoms with Crippen molar-refractivity contribution in [2.45, 2.75) is 32.6 Å². The molecular weight excluding hydrogens is 298 g/mol. The maximum absolute atomic E-state index is 12.1. The number of rotatable bonds is 7. The zero-order valence-electron chi connectivity index (χ0n) is 10.5. The van der Waals surface area contributed by atoms with Crippen molar-refractivity contribution >= 4 is 33.2 Å². The molecule has 0 N–H and O–H groups in total. The average molecular weight is 318 g/mol. The van der Waals surface area contributed by atoms with Gasteiger partial charge in [-0.2, -0.15) is 0 Å². The van der Waals surface area contributed by atoms with Gasteiger partial charge in [0.15, 0.2) is 0 Å². The molecule has 0 radical (unpaired) electrons. The van der Waals surface area contributed by atoms with Crippen molar-refractivity contribution in [1.82, 2.24) is 4.90 Å². The molecule has 0 spiro atoms. The Labute approximate surface area is 116 Å². The van der Waals surface area contributed by atoms with Crippen molar-refractivity contribution in [3.05, 3.63) is 21.9 Å². The number of hydrogen-bond donors (Lipinski definition) is 0. The summed E-state index contributed by atoms with van der Waals surface area (Å²) >= 11 is 5.03. The lowest BCUT2D eigenvalue weighted by atomic mass is 10.2. The second kappa shape index (κ2) is 7.88. The van der Waals surface area contributed by atoms with Gasteiger partial charge >= 0.3 is 0 Å². The molecule has 4 heteroatoms.